The summed E-state index contributed by atoms with van der Waals surface area (Å²) >= 11 is 0. The number of rotatable bonds is 3. The molecule has 1 aliphatic heterocycles. The van der Waals surface area contributed by atoms with Crippen molar-refractivity contribution in [3.8, 4) is 0 Å². The summed E-state index contributed by atoms with van der Waals surface area (Å²) in [5.74, 6) is 1.89. The van der Waals surface area contributed by atoms with Gasteiger partial charge in [-0.2, -0.15) is 0 Å². The van der Waals surface area contributed by atoms with Crippen molar-refractivity contribution < 1.29 is 9.15 Å². The molecule has 0 spiro atoms. The molecular weight excluding hydrogens is 230 g/mol. The SMILES string of the molecule is C[C@@H]1CN(C)C[C@H](c2nnc(/C=C/C3CC3)o2)O1. The van der Waals surface area contributed by atoms with Crippen molar-refractivity contribution in [1.82, 2.24) is 15.1 Å². The second-order valence-corrected chi connectivity index (χ2v) is 5.33. The van der Waals surface area contributed by atoms with Gasteiger partial charge in [-0.05, 0) is 38.8 Å². The fraction of sp³-hybridized carbons (Fsp3) is 0.692. The summed E-state index contributed by atoms with van der Waals surface area (Å²) in [6, 6.07) is 0. The third-order valence-corrected chi connectivity index (χ3v) is 3.31. The summed E-state index contributed by atoms with van der Waals surface area (Å²) < 4.78 is 11.5. The van der Waals surface area contributed by atoms with E-state index in [1.807, 2.05) is 6.08 Å². The van der Waals surface area contributed by atoms with Gasteiger partial charge in [0.1, 0.15) is 6.10 Å². The molecule has 98 valence electrons. The van der Waals surface area contributed by atoms with Crippen molar-refractivity contribution >= 4 is 6.08 Å². The fourth-order valence-corrected chi connectivity index (χ4v) is 2.25. The van der Waals surface area contributed by atoms with Gasteiger partial charge in [0, 0.05) is 13.1 Å². The lowest BCUT2D eigenvalue weighted by Crippen LogP contribution is -2.40. The summed E-state index contributed by atoms with van der Waals surface area (Å²) in [5.41, 5.74) is 0. The maximum atomic E-state index is 5.83. The first-order chi connectivity index (χ1) is 8.70. The minimum atomic E-state index is -0.102. The number of aromatic nitrogens is 2. The van der Waals surface area contributed by atoms with Gasteiger partial charge < -0.3 is 14.1 Å². The first-order valence-electron chi connectivity index (χ1n) is 6.56. The molecule has 0 bridgehead atoms. The number of allylic oxidation sites excluding steroid dienone is 1. The Morgan fingerprint density at radius 2 is 2.11 bits per heavy atom. The Hall–Kier alpha value is -1.20. The van der Waals surface area contributed by atoms with Crippen LogP contribution in [0.15, 0.2) is 10.5 Å². The second kappa shape index (κ2) is 4.82. The molecule has 2 aliphatic rings. The summed E-state index contributed by atoms with van der Waals surface area (Å²) in [7, 11) is 2.08. The maximum absolute atomic E-state index is 5.83. The van der Waals surface area contributed by atoms with Crippen LogP contribution < -0.4 is 0 Å². The van der Waals surface area contributed by atoms with Gasteiger partial charge in [-0.15, -0.1) is 10.2 Å². The molecule has 18 heavy (non-hydrogen) atoms. The fourth-order valence-electron chi connectivity index (χ4n) is 2.25. The molecule has 1 saturated heterocycles. The Morgan fingerprint density at radius 3 is 2.83 bits per heavy atom. The molecule has 2 heterocycles. The van der Waals surface area contributed by atoms with Crippen molar-refractivity contribution in [3.05, 3.63) is 17.9 Å². The molecule has 0 N–H and O–H groups in total. The third-order valence-electron chi connectivity index (χ3n) is 3.31. The molecule has 5 nitrogen and oxygen atoms in total. The van der Waals surface area contributed by atoms with Crippen LogP contribution in [0.2, 0.25) is 0 Å². The Kier molecular flexibility index (Phi) is 3.18. The lowest BCUT2D eigenvalue weighted by Gasteiger charge is -2.32. The van der Waals surface area contributed by atoms with E-state index in [1.165, 1.54) is 12.8 Å². The highest BCUT2D eigenvalue weighted by Gasteiger charge is 2.28. The second-order valence-electron chi connectivity index (χ2n) is 5.33. The van der Waals surface area contributed by atoms with Gasteiger partial charge in [0.15, 0.2) is 0 Å². The van der Waals surface area contributed by atoms with Gasteiger partial charge in [0.2, 0.25) is 11.8 Å². The number of likely N-dealkylation sites (N-methyl/N-ethyl adjacent to an activating group) is 1. The van der Waals surface area contributed by atoms with Gasteiger partial charge in [-0.1, -0.05) is 6.08 Å². The van der Waals surface area contributed by atoms with Crippen molar-refractivity contribution in [3.63, 3.8) is 0 Å². The van der Waals surface area contributed by atoms with E-state index < -0.39 is 0 Å². The summed E-state index contributed by atoms with van der Waals surface area (Å²) in [6.45, 7) is 3.81. The highest BCUT2D eigenvalue weighted by Crippen LogP contribution is 2.31. The van der Waals surface area contributed by atoms with Crippen LogP contribution in [-0.4, -0.2) is 41.3 Å². The standard InChI is InChI=1S/C13H19N3O2/c1-9-7-16(2)8-11(17-9)13-15-14-12(18-13)6-5-10-3-4-10/h5-6,9-11H,3-4,7-8H2,1-2H3/b6-5+/t9-,11-/m1/s1. The highest BCUT2D eigenvalue weighted by atomic mass is 16.5. The van der Waals surface area contributed by atoms with Gasteiger partial charge in [-0.25, -0.2) is 0 Å². The average Bonchev–Trinajstić information content (AvgIpc) is 3.02. The number of ether oxygens (including phenoxy) is 1. The normalized spacial score (nSPS) is 30.1. The largest absolute Gasteiger partial charge is 0.418 e. The minimum Gasteiger partial charge on any atom is -0.418 e. The van der Waals surface area contributed by atoms with E-state index in [2.05, 4.69) is 35.1 Å². The third kappa shape index (κ3) is 2.79. The van der Waals surface area contributed by atoms with Crippen LogP contribution in [0.3, 0.4) is 0 Å². The van der Waals surface area contributed by atoms with Crippen molar-refractivity contribution in [2.75, 3.05) is 20.1 Å². The van der Waals surface area contributed by atoms with Crippen molar-refractivity contribution in [2.45, 2.75) is 32.0 Å². The van der Waals surface area contributed by atoms with Gasteiger partial charge in [0.05, 0.1) is 6.10 Å². The van der Waals surface area contributed by atoms with Crippen LogP contribution in [-0.2, 0) is 4.74 Å². The zero-order valence-corrected chi connectivity index (χ0v) is 10.9. The monoisotopic (exact) mass is 249 g/mol. The molecule has 5 heteroatoms. The smallest absolute Gasteiger partial charge is 0.246 e. The molecule has 0 unspecified atom stereocenters. The van der Waals surface area contributed by atoms with Crippen molar-refractivity contribution in [1.29, 1.82) is 0 Å². The summed E-state index contributed by atoms with van der Waals surface area (Å²) in [4.78, 5) is 2.22. The molecule has 1 aromatic rings. The topological polar surface area (TPSA) is 51.4 Å². The molecule has 3 rings (SSSR count). The molecule has 2 fully saturated rings. The molecule has 0 aromatic carbocycles. The van der Waals surface area contributed by atoms with Crippen LogP contribution >= 0.6 is 0 Å². The molecule has 2 atom stereocenters. The molecule has 0 amide bonds. The minimum absolute atomic E-state index is 0.102. The predicted molar refractivity (Wildman–Crippen MR) is 66.8 cm³/mol. The first kappa shape index (κ1) is 11.9. The lowest BCUT2D eigenvalue weighted by molar-refractivity contribution is -0.0823. The Balaban J connectivity index is 1.67. The van der Waals surface area contributed by atoms with Crippen LogP contribution in [0.1, 0.15) is 37.7 Å². The number of hydrogen-bond acceptors (Lipinski definition) is 5. The first-order valence-corrected chi connectivity index (χ1v) is 6.56. The zero-order chi connectivity index (χ0) is 12.5. The van der Waals surface area contributed by atoms with E-state index in [1.54, 1.807) is 0 Å². The zero-order valence-electron chi connectivity index (χ0n) is 10.9. The Bertz CT molecular complexity index is 429. The van der Waals surface area contributed by atoms with Crippen LogP contribution in [0, 0.1) is 5.92 Å². The molecule has 0 radical (unpaired) electrons. The average molecular weight is 249 g/mol. The van der Waals surface area contributed by atoms with Crippen molar-refractivity contribution in [2.24, 2.45) is 5.92 Å². The molecule has 1 aliphatic carbocycles. The van der Waals surface area contributed by atoms with Gasteiger partial charge in [0.25, 0.3) is 0 Å². The van der Waals surface area contributed by atoms with E-state index in [0.29, 0.717) is 11.8 Å². The Morgan fingerprint density at radius 1 is 1.28 bits per heavy atom. The van der Waals surface area contributed by atoms with E-state index in [4.69, 9.17) is 9.15 Å². The van der Waals surface area contributed by atoms with Gasteiger partial charge in [-0.3, -0.25) is 0 Å². The number of hydrogen-bond donors (Lipinski definition) is 0. The Labute approximate surface area is 107 Å². The van der Waals surface area contributed by atoms with Crippen LogP contribution in [0.4, 0.5) is 0 Å². The van der Waals surface area contributed by atoms with Crippen LogP contribution in [0.25, 0.3) is 6.08 Å². The predicted octanol–water partition coefficient (Wildman–Crippen LogP) is 1.88. The van der Waals surface area contributed by atoms with Gasteiger partial charge >= 0.3 is 0 Å². The summed E-state index contributed by atoms with van der Waals surface area (Å²) in [6.07, 6.45) is 6.73. The number of morpholine rings is 1. The quantitative estimate of drug-likeness (QED) is 0.818. The van der Waals surface area contributed by atoms with E-state index in [0.717, 1.165) is 19.0 Å². The molecule has 1 aromatic heterocycles. The van der Waals surface area contributed by atoms with E-state index >= 15 is 0 Å². The highest BCUT2D eigenvalue weighted by molar-refractivity contribution is 5.38. The van der Waals surface area contributed by atoms with E-state index in [-0.39, 0.29) is 12.2 Å². The number of nitrogens with zero attached hydrogens (tertiary/aromatic N) is 3. The maximum Gasteiger partial charge on any atom is 0.246 e. The lowest BCUT2D eigenvalue weighted by atomic mass is 10.2. The van der Waals surface area contributed by atoms with Crippen LogP contribution in [0.5, 0.6) is 0 Å². The molecule has 1 saturated carbocycles. The summed E-state index contributed by atoms with van der Waals surface area (Å²) in [5, 5.41) is 8.13. The molecular formula is C13H19N3O2. The van der Waals surface area contributed by atoms with E-state index in [9.17, 15) is 0 Å².